The van der Waals surface area contributed by atoms with E-state index in [1.165, 1.54) is 0 Å². The first-order valence-corrected chi connectivity index (χ1v) is 12.4. The second-order valence-electron chi connectivity index (χ2n) is 7.04. The minimum absolute atomic E-state index is 0.657. The van der Waals surface area contributed by atoms with Crippen LogP contribution in [0.5, 0.6) is 0 Å². The summed E-state index contributed by atoms with van der Waals surface area (Å²) in [6, 6.07) is 0. The molecule has 0 aromatic carbocycles. The van der Waals surface area contributed by atoms with E-state index in [-0.39, 0.29) is 0 Å². The van der Waals surface area contributed by atoms with Crippen molar-refractivity contribution in [1.82, 2.24) is 0 Å². The molecule has 0 bridgehead atoms. The Balaban J connectivity index is 5.86. The van der Waals surface area contributed by atoms with Gasteiger partial charge in [0.1, 0.15) is 0 Å². The number of carbonyl (C=O) groups is 1. The van der Waals surface area contributed by atoms with Crippen LogP contribution in [0.2, 0.25) is 0 Å². The van der Waals surface area contributed by atoms with Gasteiger partial charge in [0.05, 0.1) is 0 Å². The second kappa shape index (κ2) is 10.6. The number of rotatable bonds is 13. The van der Waals surface area contributed by atoms with Crippen molar-refractivity contribution in [2.45, 2.75) is 85.2 Å². The summed E-state index contributed by atoms with van der Waals surface area (Å²) < 4.78 is 44.5. The van der Waals surface area contributed by atoms with Gasteiger partial charge in [0.2, 0.25) is 0 Å². The fourth-order valence-corrected chi connectivity index (χ4v) is 10.1. The van der Waals surface area contributed by atoms with Crippen molar-refractivity contribution >= 4 is 12.8 Å². The molecular formula is C18H36F3O2P. The third-order valence-corrected chi connectivity index (χ3v) is 11.4. The molecule has 0 saturated carbocycles. The summed E-state index contributed by atoms with van der Waals surface area (Å²) >= 11 is 0. The zero-order valence-electron chi connectivity index (χ0n) is 15.9. The molecule has 0 atom stereocenters. The van der Waals surface area contributed by atoms with Crippen molar-refractivity contribution in [3.8, 4) is 0 Å². The Labute approximate surface area is 145 Å². The van der Waals surface area contributed by atoms with E-state index < -0.39 is 19.0 Å². The first-order chi connectivity index (χ1) is 11.2. The molecule has 0 saturated heterocycles. The van der Waals surface area contributed by atoms with Crippen molar-refractivity contribution in [2.75, 3.05) is 24.6 Å². The summed E-state index contributed by atoms with van der Waals surface area (Å²) in [5, 5.41) is 0. The van der Waals surface area contributed by atoms with Gasteiger partial charge in [-0.25, -0.2) is 0 Å². The molecule has 146 valence electrons. The molecule has 24 heavy (non-hydrogen) atoms. The van der Waals surface area contributed by atoms with Gasteiger partial charge in [-0.15, -0.1) is 0 Å². The summed E-state index contributed by atoms with van der Waals surface area (Å²) in [4.78, 5) is 11.8. The second-order valence-corrected chi connectivity index (χ2v) is 12.7. The molecule has 0 rings (SSSR count). The SMILES string of the molecule is CCCCP(CCCC)(CCCC)(CCCC)OC(=O)C(F)(F)F. The standard InChI is InChI=1S/C18H36F3O2P/c1-5-9-13-24(14-10-6-2,15-11-7-3,16-12-8-4)23-17(22)18(19,20)21/h5-16H2,1-4H3. The van der Waals surface area contributed by atoms with Gasteiger partial charge < -0.3 is 0 Å². The van der Waals surface area contributed by atoms with E-state index in [4.69, 9.17) is 4.52 Å². The average Bonchev–Trinajstić information content (AvgIpc) is 2.54. The average molecular weight is 372 g/mol. The summed E-state index contributed by atoms with van der Waals surface area (Å²) in [5.41, 5.74) is 0. The zero-order valence-corrected chi connectivity index (χ0v) is 16.8. The van der Waals surface area contributed by atoms with Gasteiger partial charge in [-0.05, 0) is 0 Å². The minimum atomic E-state index is -4.90. The molecule has 0 aromatic rings. The Kier molecular flexibility index (Phi) is 10.5. The Morgan fingerprint density at radius 3 is 1.25 bits per heavy atom. The molecule has 0 aromatic heterocycles. The molecule has 0 aliphatic rings. The summed E-state index contributed by atoms with van der Waals surface area (Å²) in [6.07, 6.45) is 4.69. The molecule has 0 aliphatic carbocycles. The van der Waals surface area contributed by atoms with Gasteiger partial charge in [0, 0.05) is 0 Å². The van der Waals surface area contributed by atoms with Gasteiger partial charge in [-0.2, -0.15) is 0 Å². The number of hydrogen-bond donors (Lipinski definition) is 0. The Morgan fingerprint density at radius 2 is 1.04 bits per heavy atom. The number of alkyl halides is 3. The molecular weight excluding hydrogens is 336 g/mol. The van der Waals surface area contributed by atoms with Crippen molar-refractivity contribution in [1.29, 1.82) is 0 Å². The number of carbonyl (C=O) groups excluding carboxylic acids is 1. The van der Waals surface area contributed by atoms with E-state index in [0.717, 1.165) is 51.4 Å². The van der Waals surface area contributed by atoms with Gasteiger partial charge in [0.25, 0.3) is 0 Å². The molecule has 0 radical (unpaired) electrons. The van der Waals surface area contributed by atoms with Crippen LogP contribution in [-0.2, 0) is 9.32 Å². The first kappa shape index (κ1) is 23.7. The van der Waals surface area contributed by atoms with E-state index in [2.05, 4.69) is 0 Å². The van der Waals surface area contributed by atoms with Crippen LogP contribution >= 0.6 is 6.83 Å². The Bertz CT molecular complexity index is 326. The van der Waals surface area contributed by atoms with Gasteiger partial charge in [-0.1, -0.05) is 0 Å². The molecule has 0 amide bonds. The molecule has 0 aliphatic heterocycles. The van der Waals surface area contributed by atoms with Gasteiger partial charge >= 0.3 is 145 Å². The fraction of sp³-hybridized carbons (Fsp3) is 0.944. The monoisotopic (exact) mass is 372 g/mol. The molecule has 0 N–H and O–H groups in total. The maximum absolute atomic E-state index is 13.0. The van der Waals surface area contributed by atoms with E-state index in [1.54, 1.807) is 0 Å². The predicted molar refractivity (Wildman–Crippen MR) is 98.2 cm³/mol. The zero-order chi connectivity index (χ0) is 18.7. The molecule has 2 nitrogen and oxygen atoms in total. The van der Waals surface area contributed by atoms with E-state index in [1.807, 2.05) is 27.7 Å². The van der Waals surface area contributed by atoms with Crippen LogP contribution in [-0.4, -0.2) is 36.8 Å². The van der Waals surface area contributed by atoms with Crippen molar-refractivity contribution in [3.05, 3.63) is 0 Å². The van der Waals surface area contributed by atoms with Crippen molar-refractivity contribution < 1.29 is 22.5 Å². The van der Waals surface area contributed by atoms with E-state index in [0.29, 0.717) is 24.6 Å². The third-order valence-electron chi connectivity index (χ3n) is 4.88. The molecule has 0 unspecified atom stereocenters. The molecule has 0 fully saturated rings. The Hall–Kier alpha value is -0.310. The summed E-state index contributed by atoms with van der Waals surface area (Å²) in [7, 11) is 0. The number of unbranched alkanes of at least 4 members (excludes halogenated alkanes) is 4. The van der Waals surface area contributed by atoms with Crippen LogP contribution in [0.4, 0.5) is 13.2 Å². The maximum atomic E-state index is 13.0. The van der Waals surface area contributed by atoms with Crippen LogP contribution in [0.1, 0.15) is 79.1 Å². The van der Waals surface area contributed by atoms with E-state index in [9.17, 15) is 18.0 Å². The fourth-order valence-electron chi connectivity index (χ4n) is 3.37. The van der Waals surface area contributed by atoms with Crippen LogP contribution in [0.25, 0.3) is 0 Å². The van der Waals surface area contributed by atoms with Crippen molar-refractivity contribution in [2.24, 2.45) is 0 Å². The molecule has 0 heterocycles. The van der Waals surface area contributed by atoms with Gasteiger partial charge in [0.15, 0.2) is 0 Å². The van der Waals surface area contributed by atoms with Crippen LogP contribution in [0.15, 0.2) is 0 Å². The van der Waals surface area contributed by atoms with E-state index >= 15 is 0 Å². The Morgan fingerprint density at radius 1 is 0.750 bits per heavy atom. The summed E-state index contributed by atoms with van der Waals surface area (Å²) in [6.45, 7) is 4.99. The third kappa shape index (κ3) is 7.29. The van der Waals surface area contributed by atoms with Gasteiger partial charge in [-0.3, -0.25) is 0 Å². The predicted octanol–water partition coefficient (Wildman–Crippen LogP) is 6.76. The summed E-state index contributed by atoms with van der Waals surface area (Å²) in [5.74, 6) is -1.96. The topological polar surface area (TPSA) is 26.3 Å². The number of hydrogen-bond acceptors (Lipinski definition) is 2. The van der Waals surface area contributed by atoms with Crippen LogP contribution in [0.3, 0.4) is 0 Å². The quantitative estimate of drug-likeness (QED) is 0.334. The van der Waals surface area contributed by atoms with Crippen LogP contribution in [0, 0.1) is 0 Å². The van der Waals surface area contributed by atoms with Crippen LogP contribution < -0.4 is 0 Å². The molecule has 0 spiro atoms. The first-order valence-electron chi connectivity index (χ1n) is 9.50. The molecule has 6 heteroatoms. The normalized spacial score (nSPS) is 14.2. The van der Waals surface area contributed by atoms with Crippen molar-refractivity contribution in [3.63, 3.8) is 0 Å². The number of halogens is 3.